The number of rotatable bonds is 0. The summed E-state index contributed by atoms with van der Waals surface area (Å²) in [7, 11) is 0. The Morgan fingerprint density at radius 2 is 2.33 bits per heavy atom. The van der Waals surface area contributed by atoms with Gasteiger partial charge >= 0.3 is 0 Å². The molecule has 1 heterocycles. The Morgan fingerprint density at radius 3 is 3.08 bits per heavy atom. The summed E-state index contributed by atoms with van der Waals surface area (Å²) in [5.41, 5.74) is 2.59. The molecule has 0 N–H and O–H groups in total. The van der Waals surface area contributed by atoms with E-state index in [0.717, 1.165) is 11.3 Å². The highest BCUT2D eigenvalue weighted by Crippen LogP contribution is 2.30. The number of fused-ring (bicyclic) bond motifs is 1. The fourth-order valence-corrected chi connectivity index (χ4v) is 1.45. The van der Waals surface area contributed by atoms with Gasteiger partial charge in [0.2, 0.25) is 0 Å². The van der Waals surface area contributed by atoms with Crippen molar-refractivity contribution in [3.63, 3.8) is 0 Å². The lowest BCUT2D eigenvalue weighted by Gasteiger charge is -1.95. The van der Waals surface area contributed by atoms with Crippen LogP contribution in [0.3, 0.4) is 0 Å². The van der Waals surface area contributed by atoms with Crippen molar-refractivity contribution in [2.45, 2.75) is 6.42 Å². The van der Waals surface area contributed by atoms with Gasteiger partial charge in [-0.1, -0.05) is 23.7 Å². The maximum Gasteiger partial charge on any atom is 0.187 e. The van der Waals surface area contributed by atoms with Crippen molar-refractivity contribution < 1.29 is 0 Å². The Balaban J connectivity index is 2.51. The summed E-state index contributed by atoms with van der Waals surface area (Å²) in [6.07, 6.45) is 0.667. The third kappa shape index (κ3) is 1.09. The fourth-order valence-electron chi connectivity index (χ4n) is 1.22. The van der Waals surface area contributed by atoms with E-state index in [2.05, 4.69) is 9.84 Å². The molecular formula is C9H5ClN2. The van der Waals surface area contributed by atoms with E-state index in [0.29, 0.717) is 17.3 Å². The average molecular weight is 177 g/mol. The molecule has 0 radical (unpaired) electrons. The Bertz CT molecular complexity index is 401. The maximum atomic E-state index is 6.81. The fraction of sp³-hybridized carbons (Fsp3) is 0.111. The van der Waals surface area contributed by atoms with Crippen LogP contribution in [-0.4, -0.2) is 5.17 Å². The van der Waals surface area contributed by atoms with Crippen molar-refractivity contribution in [1.82, 2.24) is 0 Å². The summed E-state index contributed by atoms with van der Waals surface area (Å²) in [5.74, 6) is 0. The molecule has 2 rings (SSSR count). The second-order valence-corrected chi connectivity index (χ2v) is 3.03. The van der Waals surface area contributed by atoms with Crippen molar-refractivity contribution in [3.05, 3.63) is 35.2 Å². The molecule has 0 amide bonds. The SMILES string of the molecule is [C-]#[N+]c1ccc2c(c1)CC(Cl)=N2. The standard InChI is InChI=1S/C9H5ClN2/c1-11-7-2-3-8-6(4-7)5-9(10)12-8/h2-4H,5H2. The summed E-state index contributed by atoms with van der Waals surface area (Å²) in [4.78, 5) is 7.44. The number of nitrogens with zero attached hydrogens (tertiary/aromatic N) is 2. The van der Waals surface area contributed by atoms with Crippen molar-refractivity contribution in [1.29, 1.82) is 0 Å². The molecule has 0 saturated heterocycles. The van der Waals surface area contributed by atoms with Gasteiger partial charge < -0.3 is 0 Å². The topological polar surface area (TPSA) is 16.7 Å². The Labute approximate surface area is 75.3 Å². The highest BCUT2D eigenvalue weighted by atomic mass is 35.5. The molecule has 0 fully saturated rings. The molecule has 1 aromatic rings. The molecule has 3 heteroatoms. The average Bonchev–Trinajstić information content (AvgIpc) is 2.43. The molecule has 0 saturated carbocycles. The van der Waals surface area contributed by atoms with Gasteiger partial charge in [-0.15, -0.1) is 0 Å². The third-order valence-corrected chi connectivity index (χ3v) is 1.99. The van der Waals surface area contributed by atoms with E-state index in [-0.39, 0.29) is 0 Å². The predicted octanol–water partition coefficient (Wildman–Crippen LogP) is 3.06. The molecule has 1 aliphatic heterocycles. The number of hydrogen-bond donors (Lipinski definition) is 0. The molecule has 58 valence electrons. The van der Waals surface area contributed by atoms with Crippen LogP contribution < -0.4 is 0 Å². The highest BCUT2D eigenvalue weighted by molar-refractivity contribution is 6.66. The summed E-state index contributed by atoms with van der Waals surface area (Å²) >= 11 is 5.75. The second-order valence-electron chi connectivity index (χ2n) is 2.59. The zero-order chi connectivity index (χ0) is 8.55. The molecule has 0 spiro atoms. The van der Waals surface area contributed by atoms with Crippen molar-refractivity contribution in [2.24, 2.45) is 4.99 Å². The largest absolute Gasteiger partial charge is 0.241 e. The molecule has 2 nitrogen and oxygen atoms in total. The Hall–Kier alpha value is -1.33. The van der Waals surface area contributed by atoms with Crippen LogP contribution >= 0.6 is 11.6 Å². The molecule has 0 unspecified atom stereocenters. The summed E-state index contributed by atoms with van der Waals surface area (Å²) < 4.78 is 0. The number of benzene rings is 1. The molecule has 1 aromatic carbocycles. The minimum Gasteiger partial charge on any atom is -0.241 e. The second kappa shape index (κ2) is 2.62. The Morgan fingerprint density at radius 1 is 1.50 bits per heavy atom. The van der Waals surface area contributed by atoms with Crippen LogP contribution in [-0.2, 0) is 6.42 Å². The van der Waals surface area contributed by atoms with E-state index in [1.165, 1.54) is 0 Å². The van der Waals surface area contributed by atoms with Gasteiger partial charge in [-0.3, -0.25) is 0 Å². The highest BCUT2D eigenvalue weighted by Gasteiger charge is 2.12. The van der Waals surface area contributed by atoms with Crippen molar-refractivity contribution in [3.8, 4) is 0 Å². The maximum absolute atomic E-state index is 6.81. The molecule has 0 bridgehead atoms. The van der Waals surface area contributed by atoms with Crippen LogP contribution in [0.25, 0.3) is 4.85 Å². The van der Waals surface area contributed by atoms with Crippen LogP contribution in [0.1, 0.15) is 5.56 Å². The van der Waals surface area contributed by atoms with E-state index >= 15 is 0 Å². The first-order chi connectivity index (χ1) is 5.79. The normalized spacial score (nSPS) is 13.5. The van der Waals surface area contributed by atoms with Crippen LogP contribution in [0.5, 0.6) is 0 Å². The van der Waals surface area contributed by atoms with E-state index in [4.69, 9.17) is 18.2 Å². The van der Waals surface area contributed by atoms with Crippen LogP contribution in [0.2, 0.25) is 0 Å². The predicted molar refractivity (Wildman–Crippen MR) is 49.4 cm³/mol. The zero-order valence-corrected chi connectivity index (χ0v) is 6.97. The molecule has 0 aromatic heterocycles. The van der Waals surface area contributed by atoms with Crippen molar-refractivity contribution in [2.75, 3.05) is 0 Å². The van der Waals surface area contributed by atoms with E-state index < -0.39 is 0 Å². The molecule has 1 aliphatic rings. The zero-order valence-electron chi connectivity index (χ0n) is 6.21. The summed E-state index contributed by atoms with van der Waals surface area (Å²) in [6.45, 7) is 6.81. The van der Waals surface area contributed by atoms with Crippen LogP contribution in [0, 0.1) is 6.57 Å². The van der Waals surface area contributed by atoms with Gasteiger partial charge in [-0.2, -0.15) is 0 Å². The smallest absolute Gasteiger partial charge is 0.187 e. The van der Waals surface area contributed by atoms with Crippen LogP contribution in [0.15, 0.2) is 23.2 Å². The van der Waals surface area contributed by atoms with Gasteiger partial charge in [-0.25, -0.2) is 9.84 Å². The summed E-state index contributed by atoms with van der Waals surface area (Å²) in [5, 5.41) is 0.604. The summed E-state index contributed by atoms with van der Waals surface area (Å²) in [6, 6.07) is 5.42. The minimum absolute atomic E-state index is 0.604. The quantitative estimate of drug-likeness (QED) is 0.541. The minimum atomic E-state index is 0.604. The van der Waals surface area contributed by atoms with Crippen LogP contribution in [0.4, 0.5) is 11.4 Å². The third-order valence-electron chi connectivity index (χ3n) is 1.77. The van der Waals surface area contributed by atoms with Gasteiger partial charge in [0.15, 0.2) is 5.69 Å². The lowest BCUT2D eigenvalue weighted by molar-refractivity contribution is 1.41. The van der Waals surface area contributed by atoms with Gasteiger partial charge in [0.25, 0.3) is 0 Å². The Kier molecular flexibility index (Phi) is 1.60. The first-order valence-electron chi connectivity index (χ1n) is 3.53. The monoisotopic (exact) mass is 176 g/mol. The molecule has 0 atom stereocenters. The lowest BCUT2D eigenvalue weighted by atomic mass is 10.1. The first kappa shape index (κ1) is 7.33. The van der Waals surface area contributed by atoms with Gasteiger partial charge in [0.05, 0.1) is 12.3 Å². The van der Waals surface area contributed by atoms with E-state index in [9.17, 15) is 0 Å². The molecular weight excluding hydrogens is 172 g/mol. The van der Waals surface area contributed by atoms with Gasteiger partial charge in [0.1, 0.15) is 5.17 Å². The number of hydrogen-bond acceptors (Lipinski definition) is 1. The van der Waals surface area contributed by atoms with E-state index in [1.54, 1.807) is 6.07 Å². The molecule has 12 heavy (non-hydrogen) atoms. The number of halogens is 1. The van der Waals surface area contributed by atoms with Gasteiger partial charge in [-0.05, 0) is 11.6 Å². The molecule has 0 aliphatic carbocycles. The van der Waals surface area contributed by atoms with E-state index in [1.807, 2.05) is 12.1 Å². The lowest BCUT2D eigenvalue weighted by Crippen LogP contribution is -1.84. The number of aliphatic imine (C=N–C) groups is 1. The van der Waals surface area contributed by atoms with Crippen molar-refractivity contribution >= 4 is 28.1 Å². The first-order valence-corrected chi connectivity index (χ1v) is 3.91. The van der Waals surface area contributed by atoms with Gasteiger partial charge in [0, 0.05) is 6.42 Å².